The number of alkyl halides is 3. The highest BCUT2D eigenvalue weighted by Crippen LogP contribution is 2.32. The highest BCUT2D eigenvalue weighted by Gasteiger charge is 2.32. The number of carbonyl (C=O) groups is 1. The predicted molar refractivity (Wildman–Crippen MR) is 120 cm³/mol. The minimum Gasteiger partial charge on any atom is -0.493 e. The van der Waals surface area contributed by atoms with Gasteiger partial charge in [-0.05, 0) is 49.1 Å². The Morgan fingerprint density at radius 1 is 1.26 bits per heavy atom. The van der Waals surface area contributed by atoms with Crippen LogP contribution in [0.5, 0.6) is 11.5 Å². The van der Waals surface area contributed by atoms with Crippen LogP contribution in [0.3, 0.4) is 0 Å². The summed E-state index contributed by atoms with van der Waals surface area (Å²) in [5.41, 5.74) is 0.164. The summed E-state index contributed by atoms with van der Waals surface area (Å²) < 4.78 is 48.1. The van der Waals surface area contributed by atoms with Gasteiger partial charge in [0.15, 0.2) is 0 Å². The average Bonchev–Trinajstić information content (AvgIpc) is 2.78. The maximum Gasteiger partial charge on any atom is 0.573 e. The van der Waals surface area contributed by atoms with E-state index in [1.165, 1.54) is 18.2 Å². The van der Waals surface area contributed by atoms with Gasteiger partial charge in [0.2, 0.25) is 5.95 Å². The number of ether oxygens (including phenoxy) is 2. The second-order valence-corrected chi connectivity index (χ2v) is 8.79. The summed E-state index contributed by atoms with van der Waals surface area (Å²) in [5.74, 6) is 0.251. The number of piperidine rings is 1. The molecule has 11 heteroatoms. The molecule has 1 N–H and O–H groups in total. The van der Waals surface area contributed by atoms with Crippen LogP contribution >= 0.6 is 11.6 Å². The summed E-state index contributed by atoms with van der Waals surface area (Å²) in [6.07, 6.45) is 0.631. The van der Waals surface area contributed by atoms with Gasteiger partial charge in [0, 0.05) is 25.6 Å². The predicted octanol–water partition coefficient (Wildman–Crippen LogP) is 5.37. The van der Waals surface area contributed by atoms with Gasteiger partial charge in [0.05, 0.1) is 24.0 Å². The summed E-state index contributed by atoms with van der Waals surface area (Å²) in [5, 5.41) is 9.31. The molecule has 7 nitrogen and oxygen atoms in total. The maximum atomic E-state index is 12.8. The van der Waals surface area contributed by atoms with Crippen molar-refractivity contribution in [2.24, 2.45) is 11.8 Å². The third kappa shape index (κ3) is 7.93. The first-order valence-electron chi connectivity index (χ1n) is 11.1. The lowest BCUT2D eigenvalue weighted by Crippen LogP contribution is -2.36. The van der Waals surface area contributed by atoms with Crippen molar-refractivity contribution in [1.29, 1.82) is 0 Å². The van der Waals surface area contributed by atoms with Crippen LogP contribution in [0.1, 0.15) is 38.2 Å². The number of aromatic nitrogens is 2. The minimum absolute atomic E-state index is 0.0716. The van der Waals surface area contributed by atoms with E-state index in [2.05, 4.69) is 26.5 Å². The van der Waals surface area contributed by atoms with E-state index in [0.29, 0.717) is 29.4 Å². The van der Waals surface area contributed by atoms with Gasteiger partial charge in [-0.2, -0.15) is 0 Å². The van der Waals surface area contributed by atoms with Crippen LogP contribution in [0.15, 0.2) is 30.6 Å². The molecule has 2 aromatic rings. The number of benzene rings is 1. The lowest BCUT2D eigenvalue weighted by Gasteiger charge is -2.34. The number of anilines is 1. The maximum absolute atomic E-state index is 12.8. The molecule has 186 valence electrons. The van der Waals surface area contributed by atoms with E-state index >= 15 is 0 Å². The summed E-state index contributed by atoms with van der Waals surface area (Å²) in [7, 11) is 0. The monoisotopic (exact) mass is 501 g/mol. The van der Waals surface area contributed by atoms with Crippen LogP contribution in [0.4, 0.5) is 19.1 Å². The number of rotatable bonds is 10. The molecule has 1 saturated heterocycles. The fourth-order valence-electron chi connectivity index (χ4n) is 4.03. The van der Waals surface area contributed by atoms with Gasteiger partial charge < -0.3 is 19.5 Å². The van der Waals surface area contributed by atoms with E-state index in [-0.39, 0.29) is 24.2 Å². The Morgan fingerprint density at radius 3 is 2.56 bits per heavy atom. The van der Waals surface area contributed by atoms with E-state index in [4.69, 9.17) is 21.4 Å². The molecular formula is C23H27ClF3N3O4. The van der Waals surface area contributed by atoms with Crippen molar-refractivity contribution in [3.8, 4) is 11.5 Å². The van der Waals surface area contributed by atoms with Gasteiger partial charge in [-0.25, -0.2) is 9.97 Å². The van der Waals surface area contributed by atoms with Crippen molar-refractivity contribution in [3.05, 3.63) is 41.2 Å². The Morgan fingerprint density at radius 2 is 1.94 bits per heavy atom. The zero-order valence-electron chi connectivity index (χ0n) is 18.7. The summed E-state index contributed by atoms with van der Waals surface area (Å²) in [6, 6.07) is 4.12. The lowest BCUT2D eigenvalue weighted by atomic mass is 9.84. The lowest BCUT2D eigenvalue weighted by molar-refractivity contribution is -0.274. The first-order valence-corrected chi connectivity index (χ1v) is 11.4. The van der Waals surface area contributed by atoms with Crippen molar-refractivity contribution in [2.75, 3.05) is 24.6 Å². The number of aryl methyl sites for hydroxylation is 1. The van der Waals surface area contributed by atoms with Gasteiger partial charge in [-0.15, -0.1) is 13.2 Å². The van der Waals surface area contributed by atoms with Crippen LogP contribution in [0.2, 0.25) is 5.02 Å². The number of carboxylic acids is 1. The third-order valence-corrected chi connectivity index (χ3v) is 6.14. The van der Waals surface area contributed by atoms with Crippen LogP contribution < -0.4 is 14.4 Å². The topological polar surface area (TPSA) is 84.8 Å². The molecule has 1 aliphatic heterocycles. The molecule has 0 bridgehead atoms. The number of hydrogen-bond donors (Lipinski definition) is 1. The van der Waals surface area contributed by atoms with Crippen molar-refractivity contribution in [3.63, 3.8) is 0 Å². The van der Waals surface area contributed by atoms with Crippen molar-refractivity contribution in [2.45, 2.75) is 45.4 Å². The standard InChI is InChI=1S/C23H27ClF3N3O4/c1-15(16-6-9-30(10-7-16)22-28-13-18(24)14-29-22)8-11-33-19-4-2-17(3-5-21(31)32)20(12-19)34-23(25,26)27/h2,4,12-16H,3,5-11H2,1H3,(H,31,32)/t15-/m1/s1. The molecule has 1 aromatic carbocycles. The first kappa shape index (κ1) is 25.9. The fraction of sp³-hybridized carbons (Fsp3) is 0.522. The van der Waals surface area contributed by atoms with E-state index in [0.717, 1.165) is 32.4 Å². The summed E-state index contributed by atoms with van der Waals surface area (Å²) in [6.45, 7) is 4.18. The average molecular weight is 502 g/mol. The molecule has 1 fully saturated rings. The molecule has 0 saturated carbocycles. The van der Waals surface area contributed by atoms with Gasteiger partial charge >= 0.3 is 12.3 Å². The number of carboxylic acid groups (broad SMARTS) is 1. The normalized spacial score (nSPS) is 15.7. The zero-order valence-corrected chi connectivity index (χ0v) is 19.5. The number of halogens is 4. The molecular weight excluding hydrogens is 475 g/mol. The van der Waals surface area contributed by atoms with Crippen molar-refractivity contribution < 1.29 is 32.5 Å². The van der Waals surface area contributed by atoms with Crippen LogP contribution in [-0.2, 0) is 11.2 Å². The summed E-state index contributed by atoms with van der Waals surface area (Å²) >= 11 is 5.84. The fourth-order valence-corrected chi connectivity index (χ4v) is 4.13. The Bertz CT molecular complexity index is 951. The van der Waals surface area contributed by atoms with Crippen LogP contribution in [0, 0.1) is 11.8 Å². The van der Waals surface area contributed by atoms with E-state index in [1.807, 2.05) is 0 Å². The number of aliphatic carboxylic acids is 1. The highest BCUT2D eigenvalue weighted by atomic mass is 35.5. The minimum atomic E-state index is -4.88. The van der Waals surface area contributed by atoms with Gasteiger partial charge in [-0.3, -0.25) is 4.79 Å². The third-order valence-electron chi connectivity index (χ3n) is 5.95. The largest absolute Gasteiger partial charge is 0.573 e. The molecule has 0 radical (unpaired) electrons. The Kier molecular flexibility index (Phi) is 8.82. The molecule has 0 unspecified atom stereocenters. The van der Waals surface area contributed by atoms with Crippen molar-refractivity contribution >= 4 is 23.5 Å². The second kappa shape index (κ2) is 11.6. The molecule has 1 atom stereocenters. The van der Waals surface area contributed by atoms with Gasteiger partial charge in [0.1, 0.15) is 11.5 Å². The van der Waals surface area contributed by atoms with Crippen molar-refractivity contribution in [1.82, 2.24) is 9.97 Å². The number of nitrogens with zero attached hydrogens (tertiary/aromatic N) is 3. The molecule has 0 amide bonds. The highest BCUT2D eigenvalue weighted by molar-refractivity contribution is 6.30. The van der Waals surface area contributed by atoms with Gasteiger partial charge in [0.25, 0.3) is 0 Å². The van der Waals surface area contributed by atoms with E-state index in [1.54, 1.807) is 12.4 Å². The molecule has 2 heterocycles. The first-order chi connectivity index (χ1) is 16.1. The second-order valence-electron chi connectivity index (χ2n) is 8.35. The molecule has 0 spiro atoms. The van der Waals surface area contributed by atoms with Gasteiger partial charge in [-0.1, -0.05) is 24.6 Å². The molecule has 1 aromatic heterocycles. The van der Waals surface area contributed by atoms with Crippen LogP contribution in [-0.4, -0.2) is 47.1 Å². The Hall–Kier alpha value is -2.75. The Balaban J connectivity index is 1.49. The molecule has 34 heavy (non-hydrogen) atoms. The van der Waals surface area contributed by atoms with Crippen LogP contribution in [0.25, 0.3) is 0 Å². The zero-order chi connectivity index (χ0) is 24.7. The Labute approximate surface area is 200 Å². The smallest absolute Gasteiger partial charge is 0.493 e. The SMILES string of the molecule is C[C@H](CCOc1ccc(CCC(=O)O)c(OC(F)(F)F)c1)C1CCN(c2ncc(Cl)cn2)CC1. The van der Waals surface area contributed by atoms with E-state index in [9.17, 15) is 18.0 Å². The molecule has 0 aliphatic carbocycles. The quantitative estimate of drug-likeness (QED) is 0.468. The summed E-state index contributed by atoms with van der Waals surface area (Å²) in [4.78, 5) is 21.4. The molecule has 3 rings (SSSR count). The molecule has 1 aliphatic rings. The number of hydrogen-bond acceptors (Lipinski definition) is 6. The van der Waals surface area contributed by atoms with E-state index < -0.39 is 18.1 Å².